The van der Waals surface area contributed by atoms with Gasteiger partial charge in [0, 0.05) is 6.54 Å². The molecule has 0 radical (unpaired) electrons. The van der Waals surface area contributed by atoms with Gasteiger partial charge in [-0.15, -0.1) is 0 Å². The Labute approximate surface area is 281 Å². The number of carbonyl (C=O) groups is 1. The van der Waals surface area contributed by atoms with Crippen molar-refractivity contribution in [1.29, 1.82) is 0 Å². The zero-order valence-corrected chi connectivity index (χ0v) is 30.3. The molecule has 0 saturated heterocycles. The second-order valence-electron chi connectivity index (χ2n) is 12.8. The first-order chi connectivity index (χ1) is 22.2. The molecule has 0 saturated carbocycles. The summed E-state index contributed by atoms with van der Waals surface area (Å²) in [4.78, 5) is 12.1. The highest BCUT2D eigenvalue weighted by molar-refractivity contribution is 5.69. The minimum Gasteiger partial charge on any atom is -0.465 e. The van der Waals surface area contributed by atoms with Gasteiger partial charge in [0.2, 0.25) is 0 Å². The van der Waals surface area contributed by atoms with Crippen LogP contribution in [0.15, 0.2) is 60.8 Å². The summed E-state index contributed by atoms with van der Waals surface area (Å²) in [6, 6.07) is 0. The van der Waals surface area contributed by atoms with Crippen molar-refractivity contribution in [2.24, 2.45) is 5.92 Å². The van der Waals surface area contributed by atoms with E-state index in [9.17, 15) is 4.79 Å². The van der Waals surface area contributed by atoms with Gasteiger partial charge in [-0.05, 0) is 90.0 Å². The van der Waals surface area contributed by atoms with Gasteiger partial charge < -0.3 is 10.1 Å². The number of ether oxygens (including phenoxy) is 1. The fraction of sp³-hybridized carbons (Fsp3) is 0.738. The topological polar surface area (TPSA) is 38.3 Å². The van der Waals surface area contributed by atoms with Crippen LogP contribution in [0.5, 0.6) is 0 Å². The maximum Gasteiger partial charge on any atom is 0.307 e. The first-order valence-electron chi connectivity index (χ1n) is 19.3. The van der Waals surface area contributed by atoms with Crippen molar-refractivity contribution in [1.82, 2.24) is 5.32 Å². The number of allylic oxidation sites excluding steroid dienone is 10. The lowest BCUT2D eigenvalue weighted by Gasteiger charge is -2.17. The van der Waals surface area contributed by atoms with E-state index in [-0.39, 0.29) is 5.97 Å². The predicted octanol–water partition coefficient (Wildman–Crippen LogP) is 12.9. The molecule has 0 fully saturated rings. The summed E-state index contributed by atoms with van der Waals surface area (Å²) in [5, 5.41) is 3.04. The predicted molar refractivity (Wildman–Crippen MR) is 201 cm³/mol. The molecule has 3 nitrogen and oxygen atoms in total. The van der Waals surface area contributed by atoms with Crippen molar-refractivity contribution in [3.8, 4) is 0 Å². The lowest BCUT2D eigenvalue weighted by Crippen LogP contribution is -2.18. The van der Waals surface area contributed by atoms with E-state index in [1.165, 1.54) is 128 Å². The summed E-state index contributed by atoms with van der Waals surface area (Å²) in [5.41, 5.74) is 0. The highest BCUT2D eigenvalue weighted by Crippen LogP contribution is 2.20. The molecule has 0 spiro atoms. The molecule has 0 aliphatic carbocycles. The van der Waals surface area contributed by atoms with E-state index in [0.717, 1.165) is 25.7 Å². The maximum atomic E-state index is 12.1. The van der Waals surface area contributed by atoms with Gasteiger partial charge in [0.05, 0.1) is 13.0 Å². The normalized spacial score (nSPS) is 13.0. The van der Waals surface area contributed by atoms with Crippen molar-refractivity contribution in [2.45, 2.75) is 174 Å². The zero-order chi connectivity index (χ0) is 32.7. The molecule has 0 aromatic rings. The highest BCUT2D eigenvalue weighted by Gasteiger charge is 2.12. The van der Waals surface area contributed by atoms with E-state index >= 15 is 0 Å². The van der Waals surface area contributed by atoms with E-state index in [4.69, 9.17) is 4.74 Å². The van der Waals surface area contributed by atoms with Crippen molar-refractivity contribution >= 4 is 5.97 Å². The van der Waals surface area contributed by atoms with Crippen LogP contribution < -0.4 is 5.32 Å². The summed E-state index contributed by atoms with van der Waals surface area (Å²) >= 11 is 0. The minimum atomic E-state index is -0.0550. The zero-order valence-electron chi connectivity index (χ0n) is 30.3. The van der Waals surface area contributed by atoms with Gasteiger partial charge >= 0.3 is 5.97 Å². The molecular weight excluding hydrogens is 550 g/mol. The Morgan fingerprint density at radius 3 is 1.44 bits per heavy atom. The second kappa shape index (κ2) is 38.3. The third-order valence-electron chi connectivity index (χ3n) is 8.39. The van der Waals surface area contributed by atoms with Crippen LogP contribution in [0.3, 0.4) is 0 Å². The molecule has 1 N–H and O–H groups in total. The molecule has 45 heavy (non-hydrogen) atoms. The van der Waals surface area contributed by atoms with E-state index in [1.807, 2.05) is 7.05 Å². The first-order valence-corrected chi connectivity index (χ1v) is 19.3. The third kappa shape index (κ3) is 36.5. The van der Waals surface area contributed by atoms with Gasteiger partial charge in [-0.3, -0.25) is 4.79 Å². The number of hydrogen-bond donors (Lipinski definition) is 1. The van der Waals surface area contributed by atoms with Crippen LogP contribution >= 0.6 is 0 Å². The lowest BCUT2D eigenvalue weighted by atomic mass is 9.94. The summed E-state index contributed by atoms with van der Waals surface area (Å²) in [5.74, 6) is 0.469. The number of carbonyl (C=O) groups excluding carboxylic acids is 1. The SMILES string of the molecule is CC/C=C\C/C=C\C/C=C\CCCCCCCCC(CCCCCCCC/C=C\C/C=C\CCCCC)COC(=O)CCNC. The molecule has 260 valence electrons. The summed E-state index contributed by atoms with van der Waals surface area (Å²) in [6.07, 6.45) is 53.6. The number of nitrogens with one attached hydrogen (secondary N) is 1. The van der Waals surface area contributed by atoms with Crippen LogP contribution in [0.25, 0.3) is 0 Å². The highest BCUT2D eigenvalue weighted by atomic mass is 16.5. The van der Waals surface area contributed by atoms with Crippen molar-refractivity contribution < 1.29 is 9.53 Å². The van der Waals surface area contributed by atoms with Gasteiger partial charge in [0.1, 0.15) is 0 Å². The monoisotopic (exact) mass is 626 g/mol. The standard InChI is InChI=1S/C42H75NO2/c1-4-6-8-10-12-14-16-18-20-22-24-26-28-30-32-34-36-41(40-45-42(44)38-39-43-3)37-35-33-31-29-27-25-23-21-19-17-15-13-11-9-7-5-2/h6,8,12-15,18-21,41,43H,4-5,7,9-11,16-17,22-40H2,1-3H3/b8-6-,14-12-,15-13-,20-18-,21-19-. The van der Waals surface area contributed by atoms with Crippen molar-refractivity contribution in [3.63, 3.8) is 0 Å². The summed E-state index contributed by atoms with van der Waals surface area (Å²) < 4.78 is 5.66. The van der Waals surface area contributed by atoms with E-state index < -0.39 is 0 Å². The van der Waals surface area contributed by atoms with Gasteiger partial charge in [-0.25, -0.2) is 0 Å². The van der Waals surface area contributed by atoms with Gasteiger partial charge in [0.25, 0.3) is 0 Å². The molecule has 0 aliphatic rings. The van der Waals surface area contributed by atoms with Crippen LogP contribution in [-0.4, -0.2) is 26.2 Å². The molecule has 0 aliphatic heterocycles. The lowest BCUT2D eigenvalue weighted by molar-refractivity contribution is -0.145. The smallest absolute Gasteiger partial charge is 0.307 e. The summed E-state index contributed by atoms with van der Waals surface area (Å²) in [7, 11) is 1.88. The van der Waals surface area contributed by atoms with Crippen molar-refractivity contribution in [3.05, 3.63) is 60.8 Å². The molecular formula is C42H75NO2. The quantitative estimate of drug-likeness (QED) is 0.0439. The van der Waals surface area contributed by atoms with Crippen LogP contribution in [0.4, 0.5) is 0 Å². The number of rotatable bonds is 34. The molecule has 3 heteroatoms. The van der Waals surface area contributed by atoms with Crippen LogP contribution in [0, 0.1) is 5.92 Å². The Morgan fingerprint density at radius 1 is 0.556 bits per heavy atom. The molecule has 0 aromatic heterocycles. The molecule has 0 rings (SSSR count). The van der Waals surface area contributed by atoms with Crippen molar-refractivity contribution in [2.75, 3.05) is 20.2 Å². The van der Waals surface area contributed by atoms with Crippen LogP contribution in [0.1, 0.15) is 174 Å². The molecule has 1 atom stereocenters. The third-order valence-corrected chi connectivity index (χ3v) is 8.39. The van der Waals surface area contributed by atoms with Gasteiger partial charge in [-0.2, -0.15) is 0 Å². The van der Waals surface area contributed by atoms with E-state index in [1.54, 1.807) is 0 Å². The Bertz CT molecular complexity index is 748. The van der Waals surface area contributed by atoms with E-state index in [0.29, 0.717) is 25.5 Å². The van der Waals surface area contributed by atoms with Crippen LogP contribution in [-0.2, 0) is 9.53 Å². The average Bonchev–Trinajstić information content (AvgIpc) is 3.05. The van der Waals surface area contributed by atoms with E-state index in [2.05, 4.69) is 79.9 Å². The number of unbranched alkanes of at least 4 members (excludes halogenated alkanes) is 15. The minimum absolute atomic E-state index is 0.0550. The average molecular weight is 626 g/mol. The Morgan fingerprint density at radius 2 is 0.978 bits per heavy atom. The number of hydrogen-bond acceptors (Lipinski definition) is 3. The van der Waals surface area contributed by atoms with Crippen LogP contribution in [0.2, 0.25) is 0 Å². The maximum absolute atomic E-state index is 12.1. The van der Waals surface area contributed by atoms with Gasteiger partial charge in [-0.1, -0.05) is 152 Å². The fourth-order valence-corrected chi connectivity index (χ4v) is 5.47. The number of esters is 1. The Kier molecular flexibility index (Phi) is 36.7. The van der Waals surface area contributed by atoms with Gasteiger partial charge in [0.15, 0.2) is 0 Å². The first kappa shape index (κ1) is 43.1. The molecule has 0 aromatic carbocycles. The molecule has 1 unspecified atom stereocenters. The Balaban J connectivity index is 3.95. The molecule has 0 amide bonds. The Hall–Kier alpha value is -1.87. The second-order valence-corrected chi connectivity index (χ2v) is 12.8. The molecule has 0 bridgehead atoms. The fourth-order valence-electron chi connectivity index (χ4n) is 5.47. The molecule has 0 heterocycles. The largest absolute Gasteiger partial charge is 0.465 e. The summed E-state index contributed by atoms with van der Waals surface area (Å²) in [6.45, 7) is 5.74.